The molecule has 1 aliphatic rings. The SMILES string of the molecule is O=C(O)c1ccccc1OCC1CC1(F)F. The van der Waals surface area contributed by atoms with E-state index < -0.39 is 17.8 Å². The van der Waals surface area contributed by atoms with E-state index in [9.17, 15) is 13.6 Å². The molecule has 1 aliphatic carbocycles. The average molecular weight is 228 g/mol. The minimum Gasteiger partial charge on any atom is -0.492 e. The third-order valence-corrected chi connectivity index (χ3v) is 2.51. The number of rotatable bonds is 4. The Morgan fingerprint density at radius 2 is 2.12 bits per heavy atom. The van der Waals surface area contributed by atoms with Crippen LogP contribution in [0.4, 0.5) is 8.78 Å². The predicted octanol–water partition coefficient (Wildman–Crippen LogP) is 2.42. The van der Waals surface area contributed by atoms with Gasteiger partial charge in [0.15, 0.2) is 0 Å². The zero-order valence-corrected chi connectivity index (χ0v) is 8.32. The number of aromatic carboxylic acids is 1. The van der Waals surface area contributed by atoms with Gasteiger partial charge in [-0.2, -0.15) is 0 Å². The molecule has 2 rings (SSSR count). The standard InChI is InChI=1S/C11H10F2O3/c12-11(13)5-7(11)6-16-9-4-2-1-3-8(9)10(14)15/h1-4,7H,5-6H2,(H,14,15). The molecule has 0 bridgehead atoms. The van der Waals surface area contributed by atoms with E-state index in [1.807, 2.05) is 0 Å². The van der Waals surface area contributed by atoms with Crippen molar-refractivity contribution in [3.8, 4) is 5.75 Å². The van der Waals surface area contributed by atoms with E-state index in [0.717, 1.165) is 0 Å². The van der Waals surface area contributed by atoms with Crippen molar-refractivity contribution in [2.24, 2.45) is 5.92 Å². The van der Waals surface area contributed by atoms with Gasteiger partial charge in [0.2, 0.25) is 0 Å². The van der Waals surface area contributed by atoms with E-state index in [2.05, 4.69) is 0 Å². The van der Waals surface area contributed by atoms with Crippen LogP contribution in [0.15, 0.2) is 24.3 Å². The molecule has 0 saturated heterocycles. The van der Waals surface area contributed by atoms with E-state index in [4.69, 9.17) is 9.84 Å². The minimum atomic E-state index is -2.64. The van der Waals surface area contributed by atoms with Gasteiger partial charge in [-0.25, -0.2) is 13.6 Å². The van der Waals surface area contributed by atoms with Crippen molar-refractivity contribution < 1.29 is 23.4 Å². The highest BCUT2D eigenvalue weighted by Gasteiger charge is 2.57. The van der Waals surface area contributed by atoms with Crippen LogP contribution in [0.3, 0.4) is 0 Å². The van der Waals surface area contributed by atoms with Crippen LogP contribution in [0, 0.1) is 5.92 Å². The molecule has 1 N–H and O–H groups in total. The number of carbonyl (C=O) groups is 1. The second kappa shape index (κ2) is 3.73. The molecule has 16 heavy (non-hydrogen) atoms. The van der Waals surface area contributed by atoms with Gasteiger partial charge in [-0.05, 0) is 12.1 Å². The first-order valence-electron chi connectivity index (χ1n) is 4.83. The fourth-order valence-electron chi connectivity index (χ4n) is 1.41. The Morgan fingerprint density at radius 1 is 1.50 bits per heavy atom. The molecule has 0 heterocycles. The number of benzene rings is 1. The summed E-state index contributed by atoms with van der Waals surface area (Å²) in [6, 6.07) is 6.00. The summed E-state index contributed by atoms with van der Waals surface area (Å²) in [5.41, 5.74) is -0.00790. The summed E-state index contributed by atoms with van der Waals surface area (Å²) in [6.45, 7) is -0.142. The van der Waals surface area contributed by atoms with E-state index in [0.29, 0.717) is 0 Å². The molecule has 1 saturated carbocycles. The number of ether oxygens (including phenoxy) is 1. The summed E-state index contributed by atoms with van der Waals surface area (Å²) in [6.07, 6.45) is -0.178. The zero-order valence-electron chi connectivity index (χ0n) is 8.32. The number of halogens is 2. The second-order valence-corrected chi connectivity index (χ2v) is 3.77. The molecular weight excluding hydrogens is 218 g/mol. The molecule has 1 unspecified atom stereocenters. The molecular formula is C11H10F2O3. The first-order chi connectivity index (χ1) is 7.50. The van der Waals surface area contributed by atoms with Crippen molar-refractivity contribution in [2.45, 2.75) is 12.3 Å². The van der Waals surface area contributed by atoms with Crippen LogP contribution < -0.4 is 4.74 Å². The molecule has 0 radical (unpaired) electrons. The van der Waals surface area contributed by atoms with Crippen molar-refractivity contribution >= 4 is 5.97 Å². The summed E-state index contributed by atoms with van der Waals surface area (Å²) in [5, 5.41) is 8.82. The maximum absolute atomic E-state index is 12.6. The van der Waals surface area contributed by atoms with Gasteiger partial charge in [-0.15, -0.1) is 0 Å². The van der Waals surface area contributed by atoms with Crippen molar-refractivity contribution in [3.63, 3.8) is 0 Å². The average Bonchev–Trinajstić information content (AvgIpc) is 2.84. The fourth-order valence-corrected chi connectivity index (χ4v) is 1.41. The lowest BCUT2D eigenvalue weighted by Crippen LogP contribution is -2.08. The Kier molecular flexibility index (Phi) is 2.53. The first kappa shape index (κ1) is 10.9. The number of alkyl halides is 2. The summed E-state index contributed by atoms with van der Waals surface area (Å²) in [4.78, 5) is 10.8. The molecule has 1 atom stereocenters. The van der Waals surface area contributed by atoms with E-state index >= 15 is 0 Å². The van der Waals surface area contributed by atoms with Crippen molar-refractivity contribution in [1.29, 1.82) is 0 Å². The maximum Gasteiger partial charge on any atom is 0.339 e. The predicted molar refractivity (Wildman–Crippen MR) is 52.0 cm³/mol. The monoisotopic (exact) mass is 228 g/mol. The first-order valence-corrected chi connectivity index (χ1v) is 4.83. The number of carboxylic acid groups (broad SMARTS) is 1. The lowest BCUT2D eigenvalue weighted by molar-refractivity contribution is 0.0689. The Labute approximate surface area is 90.7 Å². The number of para-hydroxylation sites is 1. The minimum absolute atomic E-state index is 0.00790. The highest BCUT2D eigenvalue weighted by Crippen LogP contribution is 2.48. The molecule has 86 valence electrons. The van der Waals surface area contributed by atoms with Crippen LogP contribution in [0.5, 0.6) is 5.75 Å². The normalized spacial score (nSPS) is 21.5. The van der Waals surface area contributed by atoms with Crippen LogP contribution in [-0.2, 0) is 0 Å². The van der Waals surface area contributed by atoms with Crippen molar-refractivity contribution in [1.82, 2.24) is 0 Å². The van der Waals surface area contributed by atoms with Gasteiger partial charge in [0.25, 0.3) is 5.92 Å². The summed E-state index contributed by atoms with van der Waals surface area (Å²) >= 11 is 0. The van der Waals surface area contributed by atoms with Crippen LogP contribution in [0.25, 0.3) is 0 Å². The second-order valence-electron chi connectivity index (χ2n) is 3.77. The fraction of sp³-hybridized carbons (Fsp3) is 0.364. The Balaban J connectivity index is 2.02. The van der Waals surface area contributed by atoms with Crippen LogP contribution in [-0.4, -0.2) is 23.6 Å². The zero-order chi connectivity index (χ0) is 11.8. The third kappa shape index (κ3) is 2.13. The summed E-state index contributed by atoms with van der Waals surface area (Å²) < 4.78 is 30.2. The molecule has 0 aromatic heterocycles. The molecule has 1 fully saturated rings. The van der Waals surface area contributed by atoms with Crippen LogP contribution in [0.2, 0.25) is 0 Å². The molecule has 0 amide bonds. The van der Waals surface area contributed by atoms with Gasteiger partial charge in [-0.1, -0.05) is 12.1 Å². The van der Waals surface area contributed by atoms with Gasteiger partial charge in [0, 0.05) is 6.42 Å². The summed E-state index contributed by atoms with van der Waals surface area (Å²) in [7, 11) is 0. The largest absolute Gasteiger partial charge is 0.492 e. The van der Waals surface area contributed by atoms with Crippen LogP contribution >= 0.6 is 0 Å². The van der Waals surface area contributed by atoms with Crippen molar-refractivity contribution in [3.05, 3.63) is 29.8 Å². The van der Waals surface area contributed by atoms with Gasteiger partial charge < -0.3 is 9.84 Å². The lowest BCUT2D eigenvalue weighted by atomic mass is 10.2. The Bertz CT molecular complexity index is 417. The topological polar surface area (TPSA) is 46.5 Å². The summed E-state index contributed by atoms with van der Waals surface area (Å²) in [5.74, 6) is -4.41. The molecule has 0 spiro atoms. The van der Waals surface area contributed by atoms with Gasteiger partial charge >= 0.3 is 5.97 Å². The van der Waals surface area contributed by atoms with Gasteiger partial charge in [0.1, 0.15) is 11.3 Å². The highest BCUT2D eigenvalue weighted by molar-refractivity contribution is 5.90. The number of carboxylic acids is 1. The van der Waals surface area contributed by atoms with Gasteiger partial charge in [-0.3, -0.25) is 0 Å². The van der Waals surface area contributed by atoms with Crippen molar-refractivity contribution in [2.75, 3.05) is 6.61 Å². The molecule has 1 aromatic rings. The quantitative estimate of drug-likeness (QED) is 0.860. The van der Waals surface area contributed by atoms with Crippen LogP contribution in [0.1, 0.15) is 16.8 Å². The van der Waals surface area contributed by atoms with E-state index in [1.165, 1.54) is 12.1 Å². The Hall–Kier alpha value is -1.65. The smallest absolute Gasteiger partial charge is 0.339 e. The number of hydrogen-bond acceptors (Lipinski definition) is 2. The van der Waals surface area contributed by atoms with Gasteiger partial charge in [0.05, 0.1) is 12.5 Å². The molecule has 0 aliphatic heterocycles. The number of hydrogen-bond donors (Lipinski definition) is 1. The Morgan fingerprint density at radius 3 is 2.69 bits per heavy atom. The van der Waals surface area contributed by atoms with E-state index in [-0.39, 0.29) is 24.3 Å². The lowest BCUT2D eigenvalue weighted by Gasteiger charge is -2.07. The third-order valence-electron chi connectivity index (χ3n) is 2.51. The molecule has 5 heteroatoms. The van der Waals surface area contributed by atoms with E-state index in [1.54, 1.807) is 12.1 Å². The molecule has 3 nitrogen and oxygen atoms in total. The molecule has 1 aromatic carbocycles. The maximum atomic E-state index is 12.6. The highest BCUT2D eigenvalue weighted by atomic mass is 19.3.